The molecule has 0 aromatic carbocycles. The molecule has 3 N–H and O–H groups in total. The van der Waals surface area contributed by atoms with E-state index in [0.29, 0.717) is 5.17 Å². The molecule has 2 aliphatic carbocycles. The number of thiocarbonyl (C=S) groups is 2. The van der Waals surface area contributed by atoms with Crippen LogP contribution in [0.5, 0.6) is 0 Å². The Morgan fingerprint density at radius 3 is 2.43 bits per heavy atom. The van der Waals surface area contributed by atoms with Crippen LogP contribution in [0.15, 0.2) is 0 Å². The summed E-state index contributed by atoms with van der Waals surface area (Å²) in [6, 6.07) is 0. The van der Waals surface area contributed by atoms with Gasteiger partial charge in [0.25, 0.3) is 10.3 Å². The molecule has 0 spiro atoms. The molecule has 0 unspecified atom stereocenters. The van der Waals surface area contributed by atoms with Gasteiger partial charge in [0.2, 0.25) is 0 Å². The minimum absolute atomic E-state index is 0.00792. The van der Waals surface area contributed by atoms with E-state index in [1.165, 1.54) is 32.1 Å². The number of rotatable bonds is 1. The molecule has 2 fully saturated rings. The van der Waals surface area contributed by atoms with Gasteiger partial charge in [-0.2, -0.15) is 0 Å². The van der Waals surface area contributed by atoms with Crippen molar-refractivity contribution in [3.63, 3.8) is 0 Å². The minimum atomic E-state index is -0.00792. The predicted molar refractivity (Wildman–Crippen MR) is 62.9 cm³/mol. The highest BCUT2D eigenvalue weighted by Gasteiger charge is 2.45. The van der Waals surface area contributed by atoms with Crippen LogP contribution in [0.2, 0.25) is 0 Å². The number of hydrogen-bond acceptors (Lipinski definition) is 3. The summed E-state index contributed by atoms with van der Waals surface area (Å²) in [5.41, 5.74) is 5.43. The van der Waals surface area contributed by atoms with Crippen LogP contribution in [0, 0.1) is 5.92 Å². The van der Waals surface area contributed by atoms with E-state index in [9.17, 15) is 0 Å². The van der Waals surface area contributed by atoms with Crippen molar-refractivity contribution in [2.75, 3.05) is 0 Å². The van der Waals surface area contributed by atoms with Gasteiger partial charge in [-0.3, -0.25) is 0 Å². The zero-order chi connectivity index (χ0) is 10.2. The molecule has 0 atom stereocenters. The summed E-state index contributed by atoms with van der Waals surface area (Å²) in [7, 11) is 0. The van der Waals surface area contributed by atoms with Gasteiger partial charge in [0.15, 0.2) is 0 Å². The first-order chi connectivity index (χ1) is 6.60. The van der Waals surface area contributed by atoms with Gasteiger partial charge < -0.3 is 15.8 Å². The molecular formula is C9H14N2OS2. The van der Waals surface area contributed by atoms with E-state index < -0.39 is 0 Å². The van der Waals surface area contributed by atoms with Gasteiger partial charge in [0.05, 0.1) is 0 Å². The second-order valence-electron chi connectivity index (χ2n) is 4.26. The number of nitrogens with one attached hydrogen (secondary N) is 1. The zero-order valence-electron chi connectivity index (χ0n) is 7.91. The maximum absolute atomic E-state index is 5.24. The van der Waals surface area contributed by atoms with E-state index >= 15 is 0 Å². The number of fused-ring (bicyclic) bond motifs is 2. The minimum Gasteiger partial charge on any atom is -0.405 e. The lowest BCUT2D eigenvalue weighted by Gasteiger charge is -2.28. The maximum Gasteiger partial charge on any atom is 0.264 e. The second-order valence-corrected chi connectivity index (χ2v) is 5.03. The molecule has 2 aliphatic rings. The summed E-state index contributed by atoms with van der Waals surface area (Å²) in [4.78, 5) is 0. The van der Waals surface area contributed by atoms with Crippen molar-refractivity contribution in [3.05, 3.63) is 0 Å². The van der Waals surface area contributed by atoms with Crippen molar-refractivity contribution in [3.8, 4) is 0 Å². The summed E-state index contributed by atoms with van der Waals surface area (Å²) in [6.45, 7) is 0. The lowest BCUT2D eigenvalue weighted by molar-refractivity contribution is 0.356. The van der Waals surface area contributed by atoms with Crippen LogP contribution in [0.3, 0.4) is 0 Å². The molecule has 3 nitrogen and oxygen atoms in total. The SMILES string of the molecule is NC(=S)OC(=S)NC12CCC(CC1)C2. The van der Waals surface area contributed by atoms with Crippen LogP contribution in [-0.4, -0.2) is 15.9 Å². The van der Waals surface area contributed by atoms with Crippen molar-refractivity contribution >= 4 is 34.8 Å². The molecule has 14 heavy (non-hydrogen) atoms. The molecule has 0 heterocycles. The molecule has 2 rings (SSSR count). The van der Waals surface area contributed by atoms with Crippen molar-refractivity contribution in [1.29, 1.82) is 0 Å². The van der Waals surface area contributed by atoms with E-state index in [1.54, 1.807) is 0 Å². The van der Waals surface area contributed by atoms with Gasteiger partial charge in [-0.25, -0.2) is 0 Å². The first-order valence-electron chi connectivity index (χ1n) is 4.89. The second kappa shape index (κ2) is 3.62. The van der Waals surface area contributed by atoms with Crippen LogP contribution >= 0.6 is 24.4 Å². The molecule has 78 valence electrons. The third-order valence-electron chi connectivity index (χ3n) is 3.30. The molecule has 5 heteroatoms. The Morgan fingerprint density at radius 2 is 2.00 bits per heavy atom. The van der Waals surface area contributed by atoms with Gasteiger partial charge in [-0.15, -0.1) is 0 Å². The van der Waals surface area contributed by atoms with Crippen LogP contribution in [-0.2, 0) is 4.74 Å². The Kier molecular flexibility index (Phi) is 2.62. The van der Waals surface area contributed by atoms with Crippen LogP contribution in [0.25, 0.3) is 0 Å². The number of hydrogen-bond donors (Lipinski definition) is 2. The summed E-state index contributed by atoms with van der Waals surface area (Å²) in [5, 5.41) is 3.58. The van der Waals surface area contributed by atoms with E-state index in [1.807, 2.05) is 0 Å². The summed E-state index contributed by atoms with van der Waals surface area (Å²) < 4.78 is 4.99. The molecule has 0 amide bonds. The molecule has 0 aromatic heterocycles. The summed E-state index contributed by atoms with van der Waals surface area (Å²) in [5.74, 6) is 0.884. The van der Waals surface area contributed by atoms with Crippen molar-refractivity contribution in [2.45, 2.75) is 37.6 Å². The van der Waals surface area contributed by atoms with E-state index in [-0.39, 0.29) is 10.7 Å². The largest absolute Gasteiger partial charge is 0.405 e. The highest BCUT2D eigenvalue weighted by molar-refractivity contribution is 7.81. The first kappa shape index (κ1) is 10.1. The lowest BCUT2D eigenvalue weighted by atomic mass is 9.94. The van der Waals surface area contributed by atoms with E-state index in [0.717, 1.165) is 5.92 Å². The molecule has 0 radical (unpaired) electrons. The fraction of sp³-hybridized carbons (Fsp3) is 0.778. The first-order valence-corrected chi connectivity index (χ1v) is 5.71. The smallest absolute Gasteiger partial charge is 0.264 e. The van der Waals surface area contributed by atoms with Crippen molar-refractivity contribution in [2.24, 2.45) is 11.7 Å². The standard InChI is InChI=1S/C9H14N2OS2/c10-7(13)12-8(14)11-9-3-1-6(5-9)2-4-9/h6H,1-5H2,(H2,10,13)(H,11,14). The third kappa shape index (κ3) is 1.98. The molecule has 0 aromatic rings. The number of nitrogens with two attached hydrogens (primary N) is 1. The topological polar surface area (TPSA) is 47.3 Å². The third-order valence-corrected chi connectivity index (χ3v) is 3.57. The summed E-state index contributed by atoms with van der Waals surface area (Å²) in [6.07, 6.45) is 6.22. The normalized spacial score (nSPS) is 34.1. The fourth-order valence-corrected chi connectivity index (χ4v) is 3.14. The Hall–Kier alpha value is -0.420. The average molecular weight is 230 g/mol. The highest BCUT2D eigenvalue weighted by Crippen LogP contribution is 2.47. The quantitative estimate of drug-likeness (QED) is 0.668. The predicted octanol–water partition coefficient (Wildman–Crippen LogP) is 1.45. The number of ether oxygens (including phenoxy) is 1. The Balaban J connectivity index is 1.90. The van der Waals surface area contributed by atoms with Gasteiger partial charge in [0, 0.05) is 5.54 Å². The molecule has 2 bridgehead atoms. The van der Waals surface area contributed by atoms with Gasteiger partial charge in [0.1, 0.15) is 0 Å². The fourth-order valence-electron chi connectivity index (χ4n) is 2.70. The van der Waals surface area contributed by atoms with Crippen LogP contribution in [0.4, 0.5) is 0 Å². The molecule has 0 aliphatic heterocycles. The van der Waals surface area contributed by atoms with E-state index in [4.69, 9.17) is 22.7 Å². The maximum atomic E-state index is 5.24. The van der Waals surface area contributed by atoms with Crippen LogP contribution < -0.4 is 11.1 Å². The zero-order valence-corrected chi connectivity index (χ0v) is 9.55. The van der Waals surface area contributed by atoms with Crippen LogP contribution in [0.1, 0.15) is 32.1 Å². The average Bonchev–Trinajstić information content (AvgIpc) is 2.60. The molecule has 0 saturated heterocycles. The Labute approximate surface area is 94.4 Å². The van der Waals surface area contributed by atoms with E-state index in [2.05, 4.69) is 17.5 Å². The highest BCUT2D eigenvalue weighted by atomic mass is 32.1. The lowest BCUT2D eigenvalue weighted by Crippen LogP contribution is -2.46. The Morgan fingerprint density at radius 1 is 1.36 bits per heavy atom. The van der Waals surface area contributed by atoms with Gasteiger partial charge >= 0.3 is 0 Å². The van der Waals surface area contributed by atoms with Gasteiger partial charge in [-0.1, -0.05) is 0 Å². The Bertz CT molecular complexity index is 272. The summed E-state index contributed by atoms with van der Waals surface area (Å²) >= 11 is 9.65. The molecule has 2 saturated carbocycles. The monoisotopic (exact) mass is 230 g/mol. The van der Waals surface area contributed by atoms with Gasteiger partial charge in [-0.05, 0) is 62.5 Å². The molecular weight excluding hydrogens is 216 g/mol. The van der Waals surface area contributed by atoms with Crippen molar-refractivity contribution < 1.29 is 4.74 Å². The van der Waals surface area contributed by atoms with Crippen molar-refractivity contribution in [1.82, 2.24) is 5.32 Å².